The van der Waals surface area contributed by atoms with Crippen molar-refractivity contribution < 1.29 is 1.43 Å². The van der Waals surface area contributed by atoms with Gasteiger partial charge in [0.2, 0.25) is 0 Å². The minimum atomic E-state index is 0. The first-order valence-corrected chi connectivity index (χ1v) is 1.29. The van der Waals surface area contributed by atoms with Crippen LogP contribution in [0.25, 0.3) is 0 Å². The topological polar surface area (TPSA) is 0 Å². The average molecular weight is 105 g/mol. The molecule has 0 aromatic carbocycles. The Kier molecular flexibility index (Phi) is 416. The molecule has 4 heavy (non-hydrogen) atoms. The van der Waals surface area contributed by atoms with E-state index < -0.39 is 0 Å². The highest BCUT2D eigenvalue weighted by Crippen LogP contribution is 1.69. The maximum absolute atomic E-state index is 4.11. The molecule has 0 aromatic rings. The van der Waals surface area contributed by atoms with Crippen LogP contribution in [0.1, 0.15) is 16.3 Å². The van der Waals surface area contributed by atoms with Gasteiger partial charge in [0.15, 0.2) is 0 Å². The zero-order chi connectivity index (χ0) is 2.00. The molecule has 0 fully saturated rings. The molecule has 32 valence electrons. The monoisotopic (exact) mass is 104 g/mol. The summed E-state index contributed by atoms with van der Waals surface area (Å²) in [6, 6.07) is 0. The second-order valence-corrected chi connectivity index (χ2v) is 0. The van der Waals surface area contributed by atoms with Gasteiger partial charge in [-0.15, -0.1) is 0 Å². The molecule has 0 spiro atoms. The van der Waals surface area contributed by atoms with Crippen molar-refractivity contribution >= 4 is 21.7 Å². The van der Waals surface area contributed by atoms with Crippen LogP contribution < -0.4 is 0 Å². The van der Waals surface area contributed by atoms with Crippen molar-refractivity contribution in [2.24, 2.45) is 0 Å². The van der Waals surface area contributed by atoms with Crippen molar-refractivity contribution in [3.63, 3.8) is 0 Å². The molecule has 0 N–H and O–H groups in total. The Balaban J connectivity index is -0.00000000167. The van der Waals surface area contributed by atoms with E-state index in [4.69, 9.17) is 0 Å². The maximum Gasteiger partial charge on any atom is 0 e. The quantitative estimate of drug-likeness (QED) is 0.444. The molecule has 0 aliphatic rings. The van der Waals surface area contributed by atoms with Gasteiger partial charge in [0.1, 0.15) is 0 Å². The first kappa shape index (κ1) is 23.5. The van der Waals surface area contributed by atoms with Gasteiger partial charge in [-0.1, -0.05) is 14.9 Å². The number of rotatable bonds is 0. The molecule has 0 amide bonds. The van der Waals surface area contributed by atoms with Crippen molar-refractivity contribution in [2.45, 2.75) is 14.9 Å². The molecule has 0 unspecified atom stereocenters. The standard InChI is InChI=1S/2CH4.Cl2.H2/c;;1-2;/h2*1H4;;1H. The fourth-order valence-corrected chi connectivity index (χ4v) is 0. The lowest BCUT2D eigenvalue weighted by atomic mass is 12.0. The molecule has 0 aromatic heterocycles. The Morgan fingerprint density at radius 2 is 1.00 bits per heavy atom. The van der Waals surface area contributed by atoms with Gasteiger partial charge >= 0.3 is 0 Å². The van der Waals surface area contributed by atoms with Gasteiger partial charge in [0, 0.05) is 23.1 Å². The predicted molar refractivity (Wildman–Crippen MR) is 27.3 cm³/mol. The van der Waals surface area contributed by atoms with E-state index in [1.807, 2.05) is 0 Å². The van der Waals surface area contributed by atoms with Gasteiger partial charge in [-0.2, -0.15) is 0 Å². The number of hydrogen-bond donors (Lipinski definition) is 0. The summed E-state index contributed by atoms with van der Waals surface area (Å²) in [5.74, 6) is 0. The summed E-state index contributed by atoms with van der Waals surface area (Å²) in [5.41, 5.74) is 0. The van der Waals surface area contributed by atoms with Crippen LogP contribution in [0.2, 0.25) is 0 Å². The third-order valence-electron chi connectivity index (χ3n) is 0. The van der Waals surface area contributed by atoms with E-state index in [2.05, 4.69) is 21.7 Å². The summed E-state index contributed by atoms with van der Waals surface area (Å²) in [6.45, 7) is 0. The number of halogens is 2. The van der Waals surface area contributed by atoms with Crippen LogP contribution in [0.5, 0.6) is 0 Å². The Morgan fingerprint density at radius 1 is 1.00 bits per heavy atom. The lowest BCUT2D eigenvalue weighted by Crippen LogP contribution is -0.310. The molecule has 0 atom stereocenters. The Hall–Kier alpha value is 0.580. The fourth-order valence-electron chi connectivity index (χ4n) is 0. The van der Waals surface area contributed by atoms with E-state index in [-0.39, 0.29) is 16.3 Å². The summed E-state index contributed by atoms with van der Waals surface area (Å²) < 4.78 is 0. The van der Waals surface area contributed by atoms with Gasteiger partial charge in [-0.3, -0.25) is 0 Å². The van der Waals surface area contributed by atoms with Crippen LogP contribution in [-0.4, -0.2) is 0 Å². The van der Waals surface area contributed by atoms with Crippen molar-refractivity contribution in [1.82, 2.24) is 0 Å². The van der Waals surface area contributed by atoms with Gasteiger partial charge in [0.05, 0.1) is 0 Å². The minimum absolute atomic E-state index is 0. The molecular formula is C2H10Cl2. The summed E-state index contributed by atoms with van der Waals surface area (Å²) in [4.78, 5) is 0. The van der Waals surface area contributed by atoms with Crippen LogP contribution in [0.15, 0.2) is 0 Å². The lowest BCUT2D eigenvalue weighted by molar-refractivity contribution is 2.50. The first-order chi connectivity index (χ1) is 1.00. The minimum Gasteiger partial charge on any atom is -0.0776 e. The summed E-state index contributed by atoms with van der Waals surface area (Å²) in [6.07, 6.45) is 0. The SMILES string of the molecule is C.C.ClCl.[HH]. The third-order valence-corrected chi connectivity index (χ3v) is 0. The summed E-state index contributed by atoms with van der Waals surface area (Å²) in [7, 11) is 8.22. The van der Waals surface area contributed by atoms with Crippen molar-refractivity contribution in [3.8, 4) is 0 Å². The maximum atomic E-state index is 4.11. The highest BCUT2D eigenvalue weighted by Gasteiger charge is 1.00. The second-order valence-electron chi connectivity index (χ2n) is 0. The molecule has 0 bridgehead atoms. The molecular weight excluding hydrogens is 94.9 g/mol. The number of hydrogen-bond acceptors (Lipinski definition) is 0. The smallest absolute Gasteiger partial charge is 0 e. The first-order valence-electron chi connectivity index (χ1n) is 0.143. The average Bonchev–Trinajstić information content (AvgIpc) is 1.00. The normalized spacial score (nSPS) is 1.50. The molecule has 0 radical (unpaired) electrons. The zero-order valence-corrected chi connectivity index (χ0v) is 2.27. The second kappa shape index (κ2) is 70.8. The van der Waals surface area contributed by atoms with Crippen LogP contribution in [0.4, 0.5) is 0 Å². The van der Waals surface area contributed by atoms with Crippen LogP contribution in [0.3, 0.4) is 0 Å². The molecule has 0 aliphatic heterocycles. The molecule has 0 aliphatic carbocycles. The van der Waals surface area contributed by atoms with E-state index in [9.17, 15) is 0 Å². The van der Waals surface area contributed by atoms with Crippen LogP contribution in [-0.2, 0) is 0 Å². The lowest BCUT2D eigenvalue weighted by Gasteiger charge is -1.00. The third kappa shape index (κ3) is 19.1. The Bertz CT molecular complexity index is 7.61. The van der Waals surface area contributed by atoms with Crippen molar-refractivity contribution in [2.75, 3.05) is 0 Å². The van der Waals surface area contributed by atoms with E-state index in [1.54, 1.807) is 0 Å². The van der Waals surface area contributed by atoms with Gasteiger partial charge in [0.25, 0.3) is 0 Å². The highest BCUT2D eigenvalue weighted by atomic mass is 36.5. The molecule has 0 rings (SSSR count). The molecule has 0 saturated carbocycles. The molecule has 0 saturated heterocycles. The largest absolute Gasteiger partial charge is 0.0776 e. The van der Waals surface area contributed by atoms with E-state index in [0.717, 1.165) is 0 Å². The molecule has 0 heterocycles. The Labute approximate surface area is 38.8 Å². The van der Waals surface area contributed by atoms with Crippen molar-refractivity contribution in [1.29, 1.82) is 0 Å². The summed E-state index contributed by atoms with van der Waals surface area (Å²) in [5, 5.41) is 0. The predicted octanol–water partition coefficient (Wildman–Crippen LogP) is 2.90. The van der Waals surface area contributed by atoms with E-state index in [0.29, 0.717) is 0 Å². The Morgan fingerprint density at radius 3 is 1.00 bits per heavy atom. The molecule has 0 nitrogen and oxygen atoms in total. The van der Waals surface area contributed by atoms with Gasteiger partial charge < -0.3 is 0 Å². The zero-order valence-electron chi connectivity index (χ0n) is 0.756. The summed E-state index contributed by atoms with van der Waals surface area (Å²) >= 11 is 0. The van der Waals surface area contributed by atoms with E-state index in [1.165, 1.54) is 0 Å². The van der Waals surface area contributed by atoms with Gasteiger partial charge in [-0.25, -0.2) is 0 Å². The molecule has 2 heteroatoms. The highest BCUT2D eigenvalue weighted by molar-refractivity contribution is 6.85. The fraction of sp³-hybridized carbons (Fsp3) is 1.00. The van der Waals surface area contributed by atoms with Crippen LogP contribution in [0, 0.1) is 0 Å². The van der Waals surface area contributed by atoms with E-state index >= 15 is 0 Å². The van der Waals surface area contributed by atoms with Gasteiger partial charge in [-0.05, 0) is 0 Å². The van der Waals surface area contributed by atoms with Crippen molar-refractivity contribution in [3.05, 3.63) is 0 Å². The van der Waals surface area contributed by atoms with Crippen LogP contribution >= 0.6 is 21.7 Å².